The molecule has 1 heterocycles. The Morgan fingerprint density at radius 1 is 1.39 bits per heavy atom. The molecule has 0 saturated heterocycles. The number of hydrogen-bond acceptors (Lipinski definition) is 4. The van der Waals surface area contributed by atoms with Crippen LogP contribution >= 0.6 is 0 Å². The van der Waals surface area contributed by atoms with Crippen molar-refractivity contribution in [3.63, 3.8) is 0 Å². The van der Waals surface area contributed by atoms with Crippen molar-refractivity contribution in [3.8, 4) is 0 Å². The number of sulfonamides is 1. The molecule has 0 aromatic carbocycles. The normalized spacial score (nSPS) is 29.2. The molecule has 1 saturated carbocycles. The topological polar surface area (TPSA) is 81.8 Å². The van der Waals surface area contributed by atoms with Gasteiger partial charge in [0, 0.05) is 6.20 Å². The summed E-state index contributed by atoms with van der Waals surface area (Å²) in [7, 11) is -4.18. The van der Waals surface area contributed by atoms with Gasteiger partial charge in [0.15, 0.2) is 5.71 Å². The molecule has 0 aromatic heterocycles. The number of alkyl halides is 3. The fourth-order valence-electron chi connectivity index (χ4n) is 1.61. The number of nitrogens with two attached hydrogens (primary N) is 1. The fraction of sp³-hybridized carbons (Fsp3) is 0.667. The van der Waals surface area contributed by atoms with Crippen molar-refractivity contribution in [2.75, 3.05) is 0 Å². The van der Waals surface area contributed by atoms with E-state index < -0.39 is 33.3 Å². The smallest absolute Gasteiger partial charge is 0.367 e. The highest BCUT2D eigenvalue weighted by Crippen LogP contribution is 2.33. The van der Waals surface area contributed by atoms with E-state index in [0.29, 0.717) is 12.8 Å². The predicted octanol–water partition coefficient (Wildman–Crippen LogP) is 0.722. The number of rotatable bonds is 3. The summed E-state index contributed by atoms with van der Waals surface area (Å²) in [4.78, 5) is 3.19. The van der Waals surface area contributed by atoms with Crippen molar-refractivity contribution in [1.82, 2.24) is 0 Å². The van der Waals surface area contributed by atoms with Crippen LogP contribution in [0.15, 0.2) is 17.3 Å². The van der Waals surface area contributed by atoms with Crippen LogP contribution in [0.4, 0.5) is 13.2 Å². The second-order valence-electron chi connectivity index (χ2n) is 4.16. The van der Waals surface area contributed by atoms with E-state index in [9.17, 15) is 21.6 Å². The molecule has 0 bridgehead atoms. The van der Waals surface area contributed by atoms with Crippen molar-refractivity contribution in [3.05, 3.63) is 12.3 Å². The van der Waals surface area contributed by atoms with Crippen LogP contribution in [0.1, 0.15) is 12.8 Å². The Kier molecular flexibility index (Phi) is 3.24. The zero-order valence-electron chi connectivity index (χ0n) is 9.09. The minimum absolute atomic E-state index is 0.349. The third kappa shape index (κ3) is 2.90. The Hall–Kier alpha value is -0.930. The van der Waals surface area contributed by atoms with Gasteiger partial charge < -0.3 is 4.74 Å². The lowest BCUT2D eigenvalue weighted by atomic mass is 10.1. The molecule has 102 valence electrons. The van der Waals surface area contributed by atoms with Crippen LogP contribution in [-0.4, -0.2) is 37.8 Å². The molecule has 0 spiro atoms. The number of hydrogen-bond donors (Lipinski definition) is 1. The molecule has 1 aliphatic carbocycles. The molecule has 1 aliphatic heterocycles. The first-order valence-corrected chi connectivity index (χ1v) is 6.79. The highest BCUT2D eigenvalue weighted by molar-refractivity contribution is 7.90. The van der Waals surface area contributed by atoms with Crippen molar-refractivity contribution in [1.29, 1.82) is 0 Å². The molecule has 1 fully saturated rings. The fourth-order valence-corrected chi connectivity index (χ4v) is 2.43. The lowest BCUT2D eigenvalue weighted by Gasteiger charge is -2.28. The third-order valence-corrected chi connectivity index (χ3v) is 3.75. The van der Waals surface area contributed by atoms with Gasteiger partial charge in [0.1, 0.15) is 11.4 Å². The van der Waals surface area contributed by atoms with E-state index in [0.717, 1.165) is 12.3 Å². The summed E-state index contributed by atoms with van der Waals surface area (Å²) in [5.41, 5.74) is -1.25. The van der Waals surface area contributed by atoms with Gasteiger partial charge in [0.2, 0.25) is 10.0 Å². The van der Waals surface area contributed by atoms with Crippen LogP contribution < -0.4 is 5.14 Å². The van der Waals surface area contributed by atoms with Crippen molar-refractivity contribution >= 4 is 15.7 Å². The molecule has 2 N–H and O–H groups in total. The van der Waals surface area contributed by atoms with Crippen molar-refractivity contribution < 1.29 is 26.3 Å². The standard InChI is InChI=1S/C9H11F3N2O3S/c10-9(11,12)8-7(17-5-1-2-5)6(3-4-14-8)18(13,15)16/h3-7H,1-2H2,(H2,13,15,16). The zero-order valence-corrected chi connectivity index (χ0v) is 9.91. The van der Waals surface area contributed by atoms with Crippen LogP contribution in [0.2, 0.25) is 0 Å². The second-order valence-corrected chi connectivity index (χ2v) is 5.89. The maximum atomic E-state index is 12.7. The summed E-state index contributed by atoms with van der Waals surface area (Å²) in [6.45, 7) is 0. The molecule has 5 nitrogen and oxygen atoms in total. The Morgan fingerprint density at radius 3 is 2.44 bits per heavy atom. The summed E-state index contributed by atoms with van der Waals surface area (Å²) in [5, 5.41) is 3.37. The largest absolute Gasteiger partial charge is 0.432 e. The van der Waals surface area contributed by atoms with E-state index >= 15 is 0 Å². The minimum Gasteiger partial charge on any atom is -0.367 e. The van der Waals surface area contributed by atoms with Gasteiger partial charge in [-0.1, -0.05) is 0 Å². The number of nitrogens with zero attached hydrogens (tertiary/aromatic N) is 1. The lowest BCUT2D eigenvalue weighted by molar-refractivity contribution is -0.0708. The van der Waals surface area contributed by atoms with E-state index in [1.807, 2.05) is 0 Å². The van der Waals surface area contributed by atoms with Crippen LogP contribution in [0, 0.1) is 0 Å². The maximum Gasteiger partial charge on any atom is 0.432 e. The predicted molar refractivity (Wildman–Crippen MR) is 57.4 cm³/mol. The van der Waals surface area contributed by atoms with E-state index in [4.69, 9.17) is 9.88 Å². The summed E-state index contributed by atoms with van der Waals surface area (Å²) < 4.78 is 65.9. The van der Waals surface area contributed by atoms with Gasteiger partial charge in [-0.2, -0.15) is 13.2 Å². The molecular weight excluding hydrogens is 273 g/mol. The van der Waals surface area contributed by atoms with Gasteiger partial charge in [-0.15, -0.1) is 0 Å². The van der Waals surface area contributed by atoms with E-state index in [1.54, 1.807) is 0 Å². The first-order valence-electron chi connectivity index (χ1n) is 5.18. The molecule has 18 heavy (non-hydrogen) atoms. The number of primary sulfonamides is 1. The first kappa shape index (κ1) is 13.5. The van der Waals surface area contributed by atoms with Crippen molar-refractivity contribution in [2.24, 2.45) is 10.1 Å². The molecule has 2 aliphatic rings. The zero-order chi connectivity index (χ0) is 13.6. The molecule has 0 amide bonds. The molecule has 2 rings (SSSR count). The first-order chi connectivity index (χ1) is 8.19. The summed E-state index contributed by atoms with van der Waals surface area (Å²) in [5.74, 6) is 0. The highest BCUT2D eigenvalue weighted by Gasteiger charge is 2.49. The molecule has 9 heteroatoms. The Bertz CT molecular complexity index is 494. The lowest BCUT2D eigenvalue weighted by Crippen LogP contribution is -2.50. The van der Waals surface area contributed by atoms with Crippen LogP contribution in [0.5, 0.6) is 0 Å². The van der Waals surface area contributed by atoms with Gasteiger partial charge in [-0.25, -0.2) is 13.6 Å². The molecule has 0 radical (unpaired) electrons. The number of aliphatic imine (C=N–C) groups is 1. The minimum atomic E-state index is -4.74. The average Bonchev–Trinajstić information content (AvgIpc) is 2.98. The van der Waals surface area contributed by atoms with E-state index in [1.165, 1.54) is 0 Å². The average molecular weight is 284 g/mol. The quantitative estimate of drug-likeness (QED) is 0.829. The monoisotopic (exact) mass is 284 g/mol. The second kappa shape index (κ2) is 4.32. The third-order valence-electron chi connectivity index (χ3n) is 2.59. The maximum absolute atomic E-state index is 12.7. The van der Waals surface area contributed by atoms with Crippen LogP contribution in [0.25, 0.3) is 0 Å². The SMILES string of the molecule is NS(=O)(=O)C1C=CN=C(C(F)(F)F)C1OC1CC1. The van der Waals surface area contributed by atoms with Crippen LogP contribution in [-0.2, 0) is 14.8 Å². The molecular formula is C9H11F3N2O3S. The van der Waals surface area contributed by atoms with Gasteiger partial charge >= 0.3 is 6.18 Å². The summed E-state index contributed by atoms with van der Waals surface area (Å²) in [6.07, 6.45) is -3.74. The summed E-state index contributed by atoms with van der Waals surface area (Å²) in [6, 6.07) is 0. The Morgan fingerprint density at radius 2 is 2.00 bits per heavy atom. The van der Waals surface area contributed by atoms with Gasteiger partial charge in [-0.3, -0.25) is 4.99 Å². The van der Waals surface area contributed by atoms with Crippen molar-refractivity contribution in [2.45, 2.75) is 36.5 Å². The van der Waals surface area contributed by atoms with E-state index in [-0.39, 0.29) is 6.10 Å². The number of ether oxygens (including phenoxy) is 1. The molecule has 2 unspecified atom stereocenters. The van der Waals surface area contributed by atoms with Gasteiger partial charge in [-0.05, 0) is 18.9 Å². The molecule has 0 aromatic rings. The van der Waals surface area contributed by atoms with Gasteiger partial charge in [0.25, 0.3) is 0 Å². The Balaban J connectivity index is 2.33. The number of halogens is 3. The Labute approximate surface area is 102 Å². The van der Waals surface area contributed by atoms with E-state index in [2.05, 4.69) is 4.99 Å². The summed E-state index contributed by atoms with van der Waals surface area (Å²) >= 11 is 0. The highest BCUT2D eigenvalue weighted by atomic mass is 32.2. The van der Waals surface area contributed by atoms with Gasteiger partial charge in [0.05, 0.1) is 6.10 Å². The molecule has 2 atom stereocenters. The van der Waals surface area contributed by atoms with Crippen LogP contribution in [0.3, 0.4) is 0 Å².